The van der Waals surface area contributed by atoms with Crippen molar-refractivity contribution in [3.8, 4) is 0 Å². The van der Waals surface area contributed by atoms with Crippen LogP contribution in [0.4, 0.5) is 0 Å². The van der Waals surface area contributed by atoms with Crippen LogP contribution in [0.1, 0.15) is 86.4 Å². The van der Waals surface area contributed by atoms with Crippen LogP contribution in [0.2, 0.25) is 0 Å². The van der Waals surface area contributed by atoms with E-state index < -0.39 is 5.97 Å². The van der Waals surface area contributed by atoms with Crippen molar-refractivity contribution in [3.63, 3.8) is 0 Å². The molecule has 8 heteroatoms. The van der Waals surface area contributed by atoms with E-state index in [1.165, 1.54) is 0 Å². The van der Waals surface area contributed by atoms with E-state index in [1.54, 1.807) is 6.07 Å². The van der Waals surface area contributed by atoms with Crippen molar-refractivity contribution in [2.75, 3.05) is 13.1 Å². The van der Waals surface area contributed by atoms with Gasteiger partial charge in [-0.3, -0.25) is 14.4 Å². The van der Waals surface area contributed by atoms with Crippen LogP contribution in [-0.2, 0) is 9.59 Å². The number of rotatable bonds is 10. The standard InChI is InChI=1S/C20H29N3O5/c24-18(5-3-1-2-4-6-19(25)26)23-11-9-15(10-12-23)21-20(27)16-13-17(28-22-16)14-7-8-14/h13-15H,1-12H2,(H,21,27)(H,25,26). The Hall–Kier alpha value is -2.38. The van der Waals surface area contributed by atoms with Crippen molar-refractivity contribution in [2.45, 2.75) is 76.2 Å². The second kappa shape index (κ2) is 9.71. The Bertz CT molecular complexity index is 690. The zero-order chi connectivity index (χ0) is 19.9. The van der Waals surface area contributed by atoms with Crippen molar-refractivity contribution >= 4 is 17.8 Å². The lowest BCUT2D eigenvalue weighted by atomic mass is 10.0. The summed E-state index contributed by atoms with van der Waals surface area (Å²) in [6.07, 6.45) is 7.58. The molecule has 0 bridgehead atoms. The molecule has 0 unspecified atom stereocenters. The first-order valence-corrected chi connectivity index (χ1v) is 10.3. The second-order valence-electron chi connectivity index (χ2n) is 7.83. The maximum atomic E-state index is 12.3. The third-order valence-corrected chi connectivity index (χ3v) is 5.45. The van der Waals surface area contributed by atoms with Crippen molar-refractivity contribution in [2.24, 2.45) is 0 Å². The van der Waals surface area contributed by atoms with E-state index in [4.69, 9.17) is 9.63 Å². The van der Waals surface area contributed by atoms with Gasteiger partial charge in [0.05, 0.1) is 0 Å². The lowest BCUT2D eigenvalue weighted by Crippen LogP contribution is -2.46. The molecule has 2 amide bonds. The maximum Gasteiger partial charge on any atom is 0.303 e. The molecule has 0 aromatic carbocycles. The Morgan fingerprint density at radius 3 is 2.39 bits per heavy atom. The Balaban J connectivity index is 1.30. The quantitative estimate of drug-likeness (QED) is 0.593. The largest absolute Gasteiger partial charge is 0.481 e. The molecule has 8 nitrogen and oxygen atoms in total. The summed E-state index contributed by atoms with van der Waals surface area (Å²) in [6.45, 7) is 1.30. The number of hydrogen-bond donors (Lipinski definition) is 2. The molecule has 154 valence electrons. The molecular formula is C20H29N3O5. The van der Waals surface area contributed by atoms with Gasteiger partial charge in [-0.2, -0.15) is 0 Å². The highest BCUT2D eigenvalue weighted by atomic mass is 16.5. The molecule has 1 saturated heterocycles. The van der Waals surface area contributed by atoms with E-state index in [0.29, 0.717) is 37.5 Å². The summed E-state index contributed by atoms with van der Waals surface area (Å²) in [4.78, 5) is 36.9. The van der Waals surface area contributed by atoms with Crippen LogP contribution in [0, 0.1) is 0 Å². The Morgan fingerprint density at radius 2 is 1.75 bits per heavy atom. The average molecular weight is 391 g/mol. The van der Waals surface area contributed by atoms with Gasteiger partial charge in [0.2, 0.25) is 5.91 Å². The van der Waals surface area contributed by atoms with Crippen LogP contribution in [0.25, 0.3) is 0 Å². The Labute approximate surface area is 164 Å². The molecule has 1 aromatic heterocycles. The number of aromatic nitrogens is 1. The van der Waals surface area contributed by atoms with Gasteiger partial charge in [-0.05, 0) is 38.5 Å². The number of carboxylic acids is 1. The third kappa shape index (κ3) is 6.07. The summed E-state index contributed by atoms with van der Waals surface area (Å²) in [5.41, 5.74) is 0.336. The van der Waals surface area contributed by atoms with Gasteiger partial charge in [0.15, 0.2) is 5.69 Å². The fraction of sp³-hybridized carbons (Fsp3) is 0.700. The monoisotopic (exact) mass is 391 g/mol. The van der Waals surface area contributed by atoms with E-state index >= 15 is 0 Å². The van der Waals surface area contributed by atoms with Gasteiger partial charge in [0.25, 0.3) is 5.91 Å². The van der Waals surface area contributed by atoms with Gasteiger partial charge in [0, 0.05) is 44.0 Å². The highest BCUT2D eigenvalue weighted by Gasteiger charge is 2.30. The van der Waals surface area contributed by atoms with Crippen LogP contribution in [0.15, 0.2) is 10.6 Å². The zero-order valence-electron chi connectivity index (χ0n) is 16.2. The molecule has 0 radical (unpaired) electrons. The molecule has 2 fully saturated rings. The molecule has 1 saturated carbocycles. The van der Waals surface area contributed by atoms with Crippen molar-refractivity contribution in [3.05, 3.63) is 17.5 Å². The molecule has 1 aliphatic carbocycles. The number of nitrogens with one attached hydrogen (secondary N) is 1. The number of hydrogen-bond acceptors (Lipinski definition) is 5. The van der Waals surface area contributed by atoms with Gasteiger partial charge in [-0.1, -0.05) is 18.0 Å². The number of carboxylic acid groups (broad SMARTS) is 1. The van der Waals surface area contributed by atoms with E-state index in [0.717, 1.165) is 50.7 Å². The summed E-state index contributed by atoms with van der Waals surface area (Å²) in [5, 5.41) is 15.5. The molecule has 0 spiro atoms. The SMILES string of the molecule is O=C(O)CCCCCCC(=O)N1CCC(NC(=O)c2cc(C3CC3)on2)CC1. The molecule has 3 rings (SSSR count). The van der Waals surface area contributed by atoms with Crippen LogP contribution in [-0.4, -0.2) is 52.1 Å². The van der Waals surface area contributed by atoms with Gasteiger partial charge < -0.3 is 19.8 Å². The number of amides is 2. The second-order valence-corrected chi connectivity index (χ2v) is 7.83. The minimum absolute atomic E-state index is 0.0497. The number of carbonyl (C=O) groups excluding carboxylic acids is 2. The number of unbranched alkanes of at least 4 members (excludes halogenated alkanes) is 3. The van der Waals surface area contributed by atoms with Gasteiger partial charge in [0.1, 0.15) is 5.76 Å². The molecule has 2 N–H and O–H groups in total. The highest BCUT2D eigenvalue weighted by Crippen LogP contribution is 2.40. The van der Waals surface area contributed by atoms with Crippen LogP contribution in [0.5, 0.6) is 0 Å². The smallest absolute Gasteiger partial charge is 0.303 e. The number of piperidine rings is 1. The highest BCUT2D eigenvalue weighted by molar-refractivity contribution is 5.92. The summed E-state index contributed by atoms with van der Waals surface area (Å²) in [7, 11) is 0. The molecule has 28 heavy (non-hydrogen) atoms. The molecule has 1 aromatic rings. The predicted molar refractivity (Wildman–Crippen MR) is 101 cm³/mol. The van der Waals surface area contributed by atoms with Crippen molar-refractivity contribution in [1.82, 2.24) is 15.4 Å². The normalized spacial score (nSPS) is 17.5. The van der Waals surface area contributed by atoms with Gasteiger partial charge in [-0.25, -0.2) is 0 Å². The first-order chi connectivity index (χ1) is 13.5. The van der Waals surface area contributed by atoms with Crippen LogP contribution >= 0.6 is 0 Å². The molecule has 1 aliphatic heterocycles. The first kappa shape index (κ1) is 20.4. The molecule has 2 aliphatic rings. The topological polar surface area (TPSA) is 113 Å². The summed E-state index contributed by atoms with van der Waals surface area (Å²) < 4.78 is 5.23. The predicted octanol–water partition coefficient (Wildman–Crippen LogP) is 2.70. The fourth-order valence-corrected chi connectivity index (χ4v) is 3.55. The summed E-state index contributed by atoms with van der Waals surface area (Å²) in [6, 6.07) is 1.79. The lowest BCUT2D eigenvalue weighted by Gasteiger charge is -2.32. The first-order valence-electron chi connectivity index (χ1n) is 10.3. The zero-order valence-corrected chi connectivity index (χ0v) is 16.2. The fourth-order valence-electron chi connectivity index (χ4n) is 3.55. The van der Waals surface area contributed by atoms with E-state index in [9.17, 15) is 14.4 Å². The minimum atomic E-state index is -0.766. The number of likely N-dealkylation sites (tertiary alicyclic amines) is 1. The van der Waals surface area contributed by atoms with E-state index in [1.807, 2.05) is 4.90 Å². The Kier molecular flexibility index (Phi) is 7.06. The van der Waals surface area contributed by atoms with Gasteiger partial charge in [-0.15, -0.1) is 0 Å². The third-order valence-electron chi connectivity index (χ3n) is 5.45. The van der Waals surface area contributed by atoms with Crippen molar-refractivity contribution < 1.29 is 24.0 Å². The molecule has 0 atom stereocenters. The van der Waals surface area contributed by atoms with Gasteiger partial charge >= 0.3 is 5.97 Å². The number of carbonyl (C=O) groups is 3. The lowest BCUT2D eigenvalue weighted by molar-refractivity contribution is -0.137. The average Bonchev–Trinajstić information content (AvgIpc) is 3.41. The Morgan fingerprint density at radius 1 is 1.07 bits per heavy atom. The summed E-state index contributed by atoms with van der Waals surface area (Å²) >= 11 is 0. The van der Waals surface area contributed by atoms with Crippen LogP contribution < -0.4 is 5.32 Å². The van der Waals surface area contributed by atoms with Crippen LogP contribution in [0.3, 0.4) is 0 Å². The summed E-state index contributed by atoms with van der Waals surface area (Å²) in [5.74, 6) is 0.405. The van der Waals surface area contributed by atoms with Crippen molar-refractivity contribution in [1.29, 1.82) is 0 Å². The number of nitrogens with zero attached hydrogens (tertiary/aromatic N) is 2. The van der Waals surface area contributed by atoms with E-state index in [2.05, 4.69) is 10.5 Å². The van der Waals surface area contributed by atoms with E-state index in [-0.39, 0.29) is 24.3 Å². The molecular weight excluding hydrogens is 362 g/mol. The minimum Gasteiger partial charge on any atom is -0.481 e. The molecule has 2 heterocycles. The number of aliphatic carboxylic acids is 1. The maximum absolute atomic E-state index is 12.3.